The number of nitrogens with one attached hydrogen (secondary N) is 1. The number of likely N-dealkylation sites (tertiary alicyclic amines) is 1. The van der Waals surface area contributed by atoms with Crippen LogP contribution in [0, 0.1) is 44.8 Å². The van der Waals surface area contributed by atoms with E-state index in [0.29, 0.717) is 10.6 Å². The van der Waals surface area contributed by atoms with Crippen molar-refractivity contribution in [2.45, 2.75) is 59.9 Å². The molecule has 150 valence electrons. The van der Waals surface area contributed by atoms with E-state index in [0.717, 1.165) is 25.8 Å². The molecule has 0 aromatic heterocycles. The maximum atomic E-state index is 13.0. The van der Waals surface area contributed by atoms with Gasteiger partial charge in [0, 0.05) is 18.0 Å². The van der Waals surface area contributed by atoms with Crippen molar-refractivity contribution in [3.8, 4) is 12.1 Å². The number of hydrogen-bond donors (Lipinski definition) is 1. The fourth-order valence-electron chi connectivity index (χ4n) is 5.50. The van der Waals surface area contributed by atoms with Gasteiger partial charge in [0.05, 0.1) is 28.5 Å². The molecular formula is C21H28N4O2S. The van der Waals surface area contributed by atoms with E-state index >= 15 is 0 Å². The molecule has 0 spiro atoms. The van der Waals surface area contributed by atoms with Gasteiger partial charge in [-0.3, -0.25) is 9.59 Å². The van der Waals surface area contributed by atoms with Gasteiger partial charge in [0.15, 0.2) is 0 Å². The third-order valence-electron chi connectivity index (χ3n) is 6.41. The van der Waals surface area contributed by atoms with E-state index in [-0.39, 0.29) is 28.5 Å². The van der Waals surface area contributed by atoms with Crippen LogP contribution in [0.15, 0.2) is 10.6 Å². The van der Waals surface area contributed by atoms with E-state index in [1.165, 1.54) is 11.8 Å². The minimum Gasteiger partial charge on any atom is -0.338 e. The van der Waals surface area contributed by atoms with E-state index in [2.05, 4.69) is 32.2 Å². The summed E-state index contributed by atoms with van der Waals surface area (Å²) in [6, 6.07) is 4.41. The summed E-state index contributed by atoms with van der Waals surface area (Å²) in [5.74, 6) is -1.09. The van der Waals surface area contributed by atoms with Crippen LogP contribution in [-0.4, -0.2) is 35.1 Å². The molecule has 1 aliphatic carbocycles. The number of thioether (sulfide) groups is 1. The van der Waals surface area contributed by atoms with Crippen molar-refractivity contribution >= 4 is 23.6 Å². The third kappa shape index (κ3) is 3.53. The van der Waals surface area contributed by atoms with Crippen molar-refractivity contribution < 1.29 is 9.59 Å². The zero-order chi connectivity index (χ0) is 20.9. The van der Waals surface area contributed by atoms with Crippen LogP contribution in [0.4, 0.5) is 0 Å². The van der Waals surface area contributed by atoms with Crippen LogP contribution in [0.25, 0.3) is 0 Å². The van der Waals surface area contributed by atoms with Crippen LogP contribution >= 0.6 is 11.8 Å². The van der Waals surface area contributed by atoms with Gasteiger partial charge >= 0.3 is 0 Å². The molecule has 2 bridgehead atoms. The summed E-state index contributed by atoms with van der Waals surface area (Å²) >= 11 is 1.20. The van der Waals surface area contributed by atoms with Gasteiger partial charge in [-0.15, -0.1) is 0 Å². The van der Waals surface area contributed by atoms with Crippen LogP contribution in [0.1, 0.15) is 53.9 Å². The first-order chi connectivity index (χ1) is 12.9. The summed E-state index contributed by atoms with van der Waals surface area (Å²) in [7, 11) is 0. The number of nitrogens with zero attached hydrogens (tertiary/aromatic N) is 3. The second-order valence-electron chi connectivity index (χ2n) is 10.1. The summed E-state index contributed by atoms with van der Waals surface area (Å²) in [5, 5.41) is 22.0. The first-order valence-electron chi connectivity index (χ1n) is 9.70. The molecule has 2 heterocycles. The highest BCUT2D eigenvalue weighted by Gasteiger charge is 2.51. The lowest BCUT2D eigenvalue weighted by molar-refractivity contribution is -0.129. The van der Waals surface area contributed by atoms with Gasteiger partial charge in [-0.25, -0.2) is 0 Å². The number of carbonyl (C=O) groups excluding carboxylic acids is 2. The number of carbonyl (C=O) groups is 2. The van der Waals surface area contributed by atoms with Crippen LogP contribution in [0.2, 0.25) is 0 Å². The first-order valence-corrected chi connectivity index (χ1v) is 10.7. The number of fused-ring (bicyclic) bond motifs is 2. The fourth-order valence-corrected chi connectivity index (χ4v) is 6.56. The second-order valence-corrected chi connectivity index (χ2v) is 11.1. The molecule has 2 fully saturated rings. The Morgan fingerprint density at radius 2 is 1.93 bits per heavy atom. The molecule has 28 heavy (non-hydrogen) atoms. The summed E-state index contributed by atoms with van der Waals surface area (Å²) in [6.45, 7) is 11.0. The van der Waals surface area contributed by atoms with E-state index in [4.69, 9.17) is 0 Å². The Labute approximate surface area is 171 Å². The quantitative estimate of drug-likeness (QED) is 0.785. The van der Waals surface area contributed by atoms with Gasteiger partial charge in [0.25, 0.3) is 0 Å². The highest BCUT2D eigenvalue weighted by molar-refractivity contribution is 8.03. The van der Waals surface area contributed by atoms with Gasteiger partial charge in [0.1, 0.15) is 5.92 Å². The molecule has 7 heteroatoms. The minimum atomic E-state index is -0.915. The topological polar surface area (TPSA) is 97.0 Å². The number of nitriles is 2. The molecule has 0 unspecified atom stereocenters. The molecule has 3 atom stereocenters. The zero-order valence-electron chi connectivity index (χ0n) is 17.3. The third-order valence-corrected chi connectivity index (χ3v) is 7.39. The van der Waals surface area contributed by atoms with E-state index in [1.54, 1.807) is 13.8 Å². The molecule has 2 amide bonds. The maximum absolute atomic E-state index is 13.0. The Bertz CT molecular complexity index is 832. The van der Waals surface area contributed by atoms with Crippen LogP contribution in [0.3, 0.4) is 0 Å². The van der Waals surface area contributed by atoms with E-state index < -0.39 is 17.2 Å². The van der Waals surface area contributed by atoms with Crippen LogP contribution in [0.5, 0.6) is 0 Å². The largest absolute Gasteiger partial charge is 0.338 e. The summed E-state index contributed by atoms with van der Waals surface area (Å²) < 4.78 is 0. The van der Waals surface area contributed by atoms with E-state index in [9.17, 15) is 20.1 Å². The first kappa shape index (κ1) is 20.7. The average Bonchev–Trinajstić information content (AvgIpc) is 2.81. The molecule has 0 aromatic carbocycles. The molecule has 1 saturated heterocycles. The van der Waals surface area contributed by atoms with Gasteiger partial charge in [-0.1, -0.05) is 46.4 Å². The average molecular weight is 401 g/mol. The predicted octanol–water partition coefficient (Wildman–Crippen LogP) is 3.18. The maximum Gasteiger partial charge on any atom is 0.243 e. The molecule has 0 aromatic rings. The Balaban J connectivity index is 1.75. The molecule has 1 saturated carbocycles. The Hall–Kier alpha value is -1.99. The lowest BCUT2D eigenvalue weighted by Gasteiger charge is -2.39. The van der Waals surface area contributed by atoms with Crippen molar-refractivity contribution in [3.05, 3.63) is 10.6 Å². The number of allylic oxidation sites excluding steroid dienone is 1. The van der Waals surface area contributed by atoms with E-state index in [1.807, 2.05) is 11.0 Å². The van der Waals surface area contributed by atoms with Crippen molar-refractivity contribution in [2.75, 3.05) is 12.3 Å². The summed E-state index contributed by atoms with van der Waals surface area (Å²) in [5.41, 5.74) is -0.0990. The lowest BCUT2D eigenvalue weighted by atomic mass is 9.65. The molecule has 3 aliphatic rings. The number of amides is 2. The van der Waals surface area contributed by atoms with Crippen molar-refractivity contribution in [3.63, 3.8) is 0 Å². The number of rotatable bonds is 3. The van der Waals surface area contributed by atoms with Crippen LogP contribution < -0.4 is 5.32 Å². The lowest BCUT2D eigenvalue weighted by Crippen LogP contribution is -2.45. The minimum absolute atomic E-state index is 0.0516. The van der Waals surface area contributed by atoms with Gasteiger partial charge < -0.3 is 10.2 Å². The van der Waals surface area contributed by atoms with Gasteiger partial charge in [0.2, 0.25) is 11.8 Å². The zero-order valence-corrected chi connectivity index (χ0v) is 18.1. The van der Waals surface area contributed by atoms with Crippen molar-refractivity contribution in [1.29, 1.82) is 10.5 Å². The summed E-state index contributed by atoms with van der Waals surface area (Å²) in [6.07, 6.45) is 3.18. The smallest absolute Gasteiger partial charge is 0.243 e. The van der Waals surface area contributed by atoms with Crippen LogP contribution in [-0.2, 0) is 9.59 Å². The number of hydrogen-bond acceptors (Lipinski definition) is 5. The van der Waals surface area contributed by atoms with Crippen molar-refractivity contribution in [2.24, 2.45) is 22.2 Å². The standard InChI is InChI=1S/C21H28N4O2S/c1-19(2)6-13-7-21(5,11-19)12-25(13)16(26)10-28-18-15(9-23)20(3,4)14(8-22)17(27)24-18/h13-14H,6-7,10-12H2,1-5H3,(H,24,27)/t13-,14-,21-/m1/s1. The second kappa shape index (κ2) is 6.81. The molecule has 2 aliphatic heterocycles. The summed E-state index contributed by atoms with van der Waals surface area (Å²) in [4.78, 5) is 27.3. The Morgan fingerprint density at radius 3 is 2.54 bits per heavy atom. The monoisotopic (exact) mass is 400 g/mol. The molecule has 1 N–H and O–H groups in total. The molecule has 0 radical (unpaired) electrons. The van der Waals surface area contributed by atoms with Crippen molar-refractivity contribution in [1.82, 2.24) is 10.2 Å². The molecule has 6 nitrogen and oxygen atoms in total. The normalized spacial score (nSPS) is 33.1. The highest BCUT2D eigenvalue weighted by Crippen LogP contribution is 2.52. The Morgan fingerprint density at radius 1 is 1.25 bits per heavy atom. The van der Waals surface area contributed by atoms with Gasteiger partial charge in [-0.05, 0) is 30.1 Å². The molecule has 3 rings (SSSR count). The Kier molecular flexibility index (Phi) is 5.04. The predicted molar refractivity (Wildman–Crippen MR) is 107 cm³/mol. The molecular weight excluding hydrogens is 372 g/mol. The fraction of sp³-hybridized carbons (Fsp3) is 0.714. The van der Waals surface area contributed by atoms with Gasteiger partial charge in [-0.2, -0.15) is 10.5 Å². The highest BCUT2D eigenvalue weighted by atomic mass is 32.2. The SMILES string of the molecule is CC1(C)C[C@@H]2C[C@@](C)(CN2C(=O)CSC2=C(C#N)C(C)(C)[C@H](C#N)C(=O)N2)C1.